The molecule has 0 saturated carbocycles. The topological polar surface area (TPSA) is 3.24 Å². The number of rotatable bonds is 1. The lowest BCUT2D eigenvalue weighted by Gasteiger charge is -2.19. The van der Waals surface area contributed by atoms with Gasteiger partial charge in [0, 0.05) is 19.2 Å². The van der Waals surface area contributed by atoms with Gasteiger partial charge in [-0.1, -0.05) is 11.6 Å². The van der Waals surface area contributed by atoms with Gasteiger partial charge in [-0.05, 0) is 18.9 Å². The maximum absolute atomic E-state index is 13.4. The summed E-state index contributed by atoms with van der Waals surface area (Å²) in [4.78, 5) is 1.86. The molecular formula is C10H10ClF2N. The highest BCUT2D eigenvalue weighted by Gasteiger charge is 2.19. The van der Waals surface area contributed by atoms with Crippen molar-refractivity contribution in [3.8, 4) is 0 Å². The molecular weight excluding hydrogens is 208 g/mol. The standard InChI is InChI=1S/C10H10ClF2N/c11-8-5-7(12)6-9(13)10(8)14-3-1-2-4-14/h5-6H,1-4H2. The van der Waals surface area contributed by atoms with Crippen LogP contribution in [0.1, 0.15) is 12.8 Å². The number of benzene rings is 1. The van der Waals surface area contributed by atoms with E-state index in [9.17, 15) is 8.78 Å². The summed E-state index contributed by atoms with van der Waals surface area (Å²) in [5.74, 6) is -1.20. The van der Waals surface area contributed by atoms with Crippen LogP contribution in [0.25, 0.3) is 0 Å². The van der Waals surface area contributed by atoms with E-state index in [0.29, 0.717) is 5.69 Å². The quantitative estimate of drug-likeness (QED) is 0.698. The molecule has 1 aliphatic heterocycles. The highest BCUT2D eigenvalue weighted by atomic mass is 35.5. The van der Waals surface area contributed by atoms with E-state index >= 15 is 0 Å². The van der Waals surface area contributed by atoms with E-state index in [4.69, 9.17) is 11.6 Å². The van der Waals surface area contributed by atoms with Crippen LogP contribution in [-0.2, 0) is 0 Å². The van der Waals surface area contributed by atoms with Gasteiger partial charge < -0.3 is 4.90 Å². The van der Waals surface area contributed by atoms with Crippen molar-refractivity contribution in [1.29, 1.82) is 0 Å². The molecule has 0 N–H and O–H groups in total. The summed E-state index contributed by atoms with van der Waals surface area (Å²) >= 11 is 5.79. The molecule has 0 amide bonds. The van der Waals surface area contributed by atoms with Gasteiger partial charge >= 0.3 is 0 Å². The third kappa shape index (κ3) is 1.69. The fourth-order valence-corrected chi connectivity index (χ4v) is 2.09. The Morgan fingerprint density at radius 1 is 1.14 bits per heavy atom. The van der Waals surface area contributed by atoms with E-state index in [-0.39, 0.29) is 5.02 Å². The lowest BCUT2D eigenvalue weighted by molar-refractivity contribution is 0.581. The van der Waals surface area contributed by atoms with Crippen molar-refractivity contribution >= 4 is 17.3 Å². The molecule has 1 aliphatic rings. The number of anilines is 1. The molecule has 1 saturated heterocycles. The zero-order valence-electron chi connectivity index (χ0n) is 7.56. The Morgan fingerprint density at radius 2 is 1.79 bits per heavy atom. The first-order valence-electron chi connectivity index (χ1n) is 4.58. The lowest BCUT2D eigenvalue weighted by Crippen LogP contribution is -2.19. The average molecular weight is 218 g/mol. The molecule has 1 nitrogen and oxygen atoms in total. The van der Waals surface area contributed by atoms with Gasteiger partial charge in [0.2, 0.25) is 0 Å². The summed E-state index contributed by atoms with van der Waals surface area (Å²) in [5, 5.41) is 0.157. The Bertz CT molecular complexity index is 325. The number of halogens is 3. The molecule has 2 rings (SSSR count). The van der Waals surface area contributed by atoms with Crippen molar-refractivity contribution in [2.75, 3.05) is 18.0 Å². The molecule has 76 valence electrons. The van der Waals surface area contributed by atoms with Gasteiger partial charge in [-0.2, -0.15) is 0 Å². The molecule has 0 unspecified atom stereocenters. The van der Waals surface area contributed by atoms with Crippen molar-refractivity contribution in [1.82, 2.24) is 0 Å². The molecule has 0 aliphatic carbocycles. The zero-order chi connectivity index (χ0) is 10.1. The normalized spacial score (nSPS) is 16.4. The van der Waals surface area contributed by atoms with Crippen molar-refractivity contribution < 1.29 is 8.78 Å². The largest absolute Gasteiger partial charge is 0.368 e. The van der Waals surface area contributed by atoms with E-state index in [1.165, 1.54) is 0 Å². The van der Waals surface area contributed by atoms with E-state index in [1.807, 2.05) is 4.90 Å². The summed E-state index contributed by atoms with van der Waals surface area (Å²) in [6.45, 7) is 1.59. The Morgan fingerprint density at radius 3 is 2.36 bits per heavy atom. The van der Waals surface area contributed by atoms with E-state index < -0.39 is 11.6 Å². The molecule has 14 heavy (non-hydrogen) atoms. The minimum absolute atomic E-state index is 0.157. The van der Waals surface area contributed by atoms with E-state index in [2.05, 4.69) is 0 Å². The maximum Gasteiger partial charge on any atom is 0.150 e. The Kier molecular flexibility index (Phi) is 2.59. The molecule has 0 bridgehead atoms. The summed E-state index contributed by atoms with van der Waals surface area (Å²) in [5.41, 5.74) is 0.338. The first-order valence-corrected chi connectivity index (χ1v) is 4.96. The van der Waals surface area contributed by atoms with Crippen LogP contribution in [0, 0.1) is 11.6 Å². The SMILES string of the molecule is Fc1cc(F)c(N2CCCC2)c(Cl)c1. The minimum atomic E-state index is -0.629. The second-order valence-corrected chi connectivity index (χ2v) is 3.82. The highest BCUT2D eigenvalue weighted by Crippen LogP contribution is 2.32. The zero-order valence-corrected chi connectivity index (χ0v) is 8.32. The fourth-order valence-electron chi connectivity index (χ4n) is 1.78. The number of nitrogens with zero attached hydrogens (tertiary/aromatic N) is 1. The molecule has 0 spiro atoms. The summed E-state index contributed by atoms with van der Waals surface area (Å²) in [6.07, 6.45) is 2.07. The van der Waals surface area contributed by atoms with E-state index in [1.54, 1.807) is 0 Å². The predicted molar refractivity (Wildman–Crippen MR) is 52.8 cm³/mol. The first-order chi connectivity index (χ1) is 6.68. The van der Waals surface area contributed by atoms with E-state index in [0.717, 1.165) is 38.1 Å². The van der Waals surface area contributed by atoms with Crippen LogP contribution in [0.15, 0.2) is 12.1 Å². The second-order valence-electron chi connectivity index (χ2n) is 3.41. The third-order valence-corrected chi connectivity index (χ3v) is 2.69. The minimum Gasteiger partial charge on any atom is -0.368 e. The van der Waals surface area contributed by atoms with Gasteiger partial charge in [0.25, 0.3) is 0 Å². The van der Waals surface area contributed by atoms with Crippen LogP contribution in [0.4, 0.5) is 14.5 Å². The molecule has 4 heteroatoms. The van der Waals surface area contributed by atoms with Crippen LogP contribution < -0.4 is 4.90 Å². The lowest BCUT2D eigenvalue weighted by atomic mass is 10.2. The average Bonchev–Trinajstić information content (AvgIpc) is 2.54. The first kappa shape index (κ1) is 9.71. The van der Waals surface area contributed by atoms with Gasteiger partial charge in [0.1, 0.15) is 5.82 Å². The fraction of sp³-hybridized carbons (Fsp3) is 0.400. The molecule has 0 atom stereocenters. The Balaban J connectivity index is 2.40. The molecule has 1 aromatic carbocycles. The number of hydrogen-bond donors (Lipinski definition) is 0. The van der Waals surface area contributed by atoms with Gasteiger partial charge in [-0.15, -0.1) is 0 Å². The van der Waals surface area contributed by atoms with Gasteiger partial charge in [-0.3, -0.25) is 0 Å². The number of hydrogen-bond acceptors (Lipinski definition) is 1. The van der Waals surface area contributed by atoms with Crippen LogP contribution in [0.3, 0.4) is 0 Å². The Hall–Kier alpha value is -0.830. The van der Waals surface area contributed by atoms with Crippen LogP contribution in [0.2, 0.25) is 5.02 Å². The van der Waals surface area contributed by atoms with Crippen LogP contribution >= 0.6 is 11.6 Å². The van der Waals surface area contributed by atoms with Gasteiger partial charge in [-0.25, -0.2) is 8.78 Å². The smallest absolute Gasteiger partial charge is 0.150 e. The molecule has 1 aromatic rings. The molecule has 1 fully saturated rings. The predicted octanol–water partition coefficient (Wildman–Crippen LogP) is 3.22. The van der Waals surface area contributed by atoms with Crippen molar-refractivity contribution in [3.63, 3.8) is 0 Å². The molecule has 0 radical (unpaired) electrons. The van der Waals surface area contributed by atoms with Gasteiger partial charge in [0.05, 0.1) is 10.7 Å². The molecule has 1 heterocycles. The van der Waals surface area contributed by atoms with Crippen molar-refractivity contribution in [3.05, 3.63) is 28.8 Å². The van der Waals surface area contributed by atoms with Crippen molar-refractivity contribution in [2.24, 2.45) is 0 Å². The monoisotopic (exact) mass is 217 g/mol. The molecule has 0 aromatic heterocycles. The third-order valence-electron chi connectivity index (χ3n) is 2.40. The van der Waals surface area contributed by atoms with Gasteiger partial charge in [0.15, 0.2) is 5.82 Å². The van der Waals surface area contributed by atoms with Crippen LogP contribution in [-0.4, -0.2) is 13.1 Å². The highest BCUT2D eigenvalue weighted by molar-refractivity contribution is 6.33. The summed E-state index contributed by atoms with van der Waals surface area (Å²) in [7, 11) is 0. The summed E-state index contributed by atoms with van der Waals surface area (Å²) in [6, 6.07) is 2.03. The van der Waals surface area contributed by atoms with Crippen molar-refractivity contribution in [2.45, 2.75) is 12.8 Å². The summed E-state index contributed by atoms with van der Waals surface area (Å²) < 4.78 is 26.1. The maximum atomic E-state index is 13.4. The van der Waals surface area contributed by atoms with Crippen LogP contribution in [0.5, 0.6) is 0 Å². The second kappa shape index (κ2) is 3.73. The Labute approximate surface area is 86.3 Å².